The summed E-state index contributed by atoms with van der Waals surface area (Å²) in [5, 5.41) is 11.6. The zero-order valence-corrected chi connectivity index (χ0v) is 15.9. The maximum Gasteiger partial charge on any atom is 0.337 e. The van der Waals surface area contributed by atoms with Gasteiger partial charge in [0.15, 0.2) is 9.84 Å². The summed E-state index contributed by atoms with van der Waals surface area (Å²) in [6.07, 6.45) is -0.595. The number of aliphatic hydroxyl groups excluding tert-OH is 1. The smallest absolute Gasteiger partial charge is 0.337 e. The molecule has 27 heavy (non-hydrogen) atoms. The van der Waals surface area contributed by atoms with Gasteiger partial charge in [-0.25, -0.2) is 13.2 Å². The van der Waals surface area contributed by atoms with E-state index in [1.54, 1.807) is 13.0 Å². The Bertz CT molecular complexity index is 1100. The van der Waals surface area contributed by atoms with Gasteiger partial charge in [-0.1, -0.05) is 36.4 Å². The lowest BCUT2D eigenvalue weighted by Crippen LogP contribution is -2.07. The van der Waals surface area contributed by atoms with Crippen LogP contribution in [0.25, 0.3) is 10.8 Å². The molecule has 5 nitrogen and oxygen atoms in total. The molecule has 0 spiro atoms. The van der Waals surface area contributed by atoms with E-state index >= 15 is 0 Å². The van der Waals surface area contributed by atoms with Gasteiger partial charge in [0.05, 0.1) is 29.4 Å². The number of hydrogen-bond donors (Lipinski definition) is 1. The highest BCUT2D eigenvalue weighted by Gasteiger charge is 2.18. The topological polar surface area (TPSA) is 80.7 Å². The lowest BCUT2D eigenvalue weighted by molar-refractivity contribution is 0.0600. The molecule has 6 heteroatoms. The van der Waals surface area contributed by atoms with Crippen LogP contribution in [0.15, 0.2) is 65.6 Å². The van der Waals surface area contributed by atoms with Gasteiger partial charge in [-0.05, 0) is 53.1 Å². The van der Waals surface area contributed by atoms with Crippen LogP contribution in [0, 0.1) is 0 Å². The van der Waals surface area contributed by atoms with Gasteiger partial charge < -0.3 is 9.84 Å². The van der Waals surface area contributed by atoms with E-state index < -0.39 is 21.9 Å². The summed E-state index contributed by atoms with van der Waals surface area (Å²) >= 11 is 0. The second kappa shape index (κ2) is 7.50. The minimum absolute atomic E-state index is 0.0724. The van der Waals surface area contributed by atoms with Gasteiger partial charge >= 0.3 is 5.97 Å². The van der Waals surface area contributed by atoms with Gasteiger partial charge in [-0.3, -0.25) is 0 Å². The minimum atomic E-state index is -3.63. The second-order valence-electron chi connectivity index (χ2n) is 6.40. The number of aliphatic hydroxyl groups is 1. The number of carbonyl (C=O) groups excluding carboxylic acids is 1. The molecule has 0 bridgehead atoms. The molecule has 1 atom stereocenters. The molecule has 3 aromatic rings. The highest BCUT2D eigenvalue weighted by molar-refractivity contribution is 7.90. The number of rotatable bonds is 5. The fourth-order valence-corrected chi connectivity index (χ4v) is 4.28. The van der Waals surface area contributed by atoms with Crippen LogP contribution >= 0.6 is 0 Å². The number of methoxy groups -OCH3 is 1. The molecule has 0 radical (unpaired) electrons. The van der Waals surface area contributed by atoms with Gasteiger partial charge in [-0.2, -0.15) is 0 Å². The Labute approximate surface area is 158 Å². The predicted octanol–water partition coefficient (Wildman–Crippen LogP) is 3.65. The molecule has 1 unspecified atom stereocenters. The quantitative estimate of drug-likeness (QED) is 0.679. The van der Waals surface area contributed by atoms with Crippen molar-refractivity contribution in [1.29, 1.82) is 0 Å². The molecule has 3 rings (SSSR count). The van der Waals surface area contributed by atoms with Crippen molar-refractivity contribution in [2.75, 3.05) is 7.11 Å². The fourth-order valence-electron chi connectivity index (χ4n) is 2.90. The molecular weight excluding hydrogens is 364 g/mol. The number of esters is 1. The standard InChI is InChI=1S/C21H20O5S/c1-14(22)17-9-8-16-7-6-15(10-19(16)11-17)13-27(24,25)20-5-3-4-18(12-20)21(23)26-2/h3-12,14,22H,13H2,1-2H3. The maximum absolute atomic E-state index is 12.8. The van der Waals surface area contributed by atoms with Crippen molar-refractivity contribution >= 4 is 26.6 Å². The average Bonchev–Trinajstić information content (AvgIpc) is 2.66. The second-order valence-corrected chi connectivity index (χ2v) is 8.38. The molecular formula is C21H20O5S. The van der Waals surface area contributed by atoms with Crippen LogP contribution in [-0.4, -0.2) is 26.6 Å². The third kappa shape index (κ3) is 4.18. The first-order chi connectivity index (χ1) is 12.8. The molecule has 0 saturated heterocycles. The van der Waals surface area contributed by atoms with E-state index in [2.05, 4.69) is 4.74 Å². The van der Waals surface area contributed by atoms with E-state index in [4.69, 9.17) is 0 Å². The lowest BCUT2D eigenvalue weighted by atomic mass is 10.0. The number of benzene rings is 3. The van der Waals surface area contributed by atoms with Crippen LogP contribution in [-0.2, 0) is 20.3 Å². The Morgan fingerprint density at radius 1 is 1.04 bits per heavy atom. The third-order valence-electron chi connectivity index (χ3n) is 4.38. The van der Waals surface area contributed by atoms with E-state index in [0.29, 0.717) is 5.56 Å². The third-order valence-corrected chi connectivity index (χ3v) is 6.07. The fraction of sp³-hybridized carbons (Fsp3) is 0.190. The van der Waals surface area contributed by atoms with Gasteiger partial charge in [0.25, 0.3) is 0 Å². The molecule has 0 amide bonds. The number of carbonyl (C=O) groups is 1. The molecule has 0 aliphatic heterocycles. The van der Waals surface area contributed by atoms with E-state index in [0.717, 1.165) is 16.3 Å². The lowest BCUT2D eigenvalue weighted by Gasteiger charge is -2.09. The van der Waals surface area contributed by atoms with Crippen LogP contribution in [0.2, 0.25) is 0 Å². The maximum atomic E-state index is 12.8. The van der Waals surface area contributed by atoms with Crippen molar-refractivity contribution in [2.24, 2.45) is 0 Å². The summed E-state index contributed by atoms with van der Waals surface area (Å²) in [6.45, 7) is 1.68. The van der Waals surface area contributed by atoms with Crippen molar-refractivity contribution < 1.29 is 23.1 Å². The molecule has 3 aromatic carbocycles. The zero-order valence-electron chi connectivity index (χ0n) is 15.0. The van der Waals surface area contributed by atoms with Crippen molar-refractivity contribution in [3.05, 3.63) is 77.4 Å². The number of sulfone groups is 1. The van der Waals surface area contributed by atoms with Gasteiger partial charge in [0.1, 0.15) is 0 Å². The molecule has 0 aliphatic carbocycles. The summed E-state index contributed by atoms with van der Waals surface area (Å²) < 4.78 is 30.2. The van der Waals surface area contributed by atoms with Crippen molar-refractivity contribution in [1.82, 2.24) is 0 Å². The van der Waals surface area contributed by atoms with Crippen LogP contribution in [0.4, 0.5) is 0 Å². The monoisotopic (exact) mass is 384 g/mol. The summed E-state index contributed by atoms with van der Waals surface area (Å²) in [7, 11) is -2.38. The van der Waals surface area contributed by atoms with Crippen molar-refractivity contribution in [3.63, 3.8) is 0 Å². The summed E-state index contributed by atoms with van der Waals surface area (Å²) in [6, 6.07) is 16.9. The summed E-state index contributed by atoms with van der Waals surface area (Å²) in [5.74, 6) is -0.768. The molecule has 0 fully saturated rings. The average molecular weight is 384 g/mol. The normalized spacial score (nSPS) is 12.7. The van der Waals surface area contributed by atoms with E-state index in [1.165, 1.54) is 31.4 Å². The van der Waals surface area contributed by atoms with E-state index in [-0.39, 0.29) is 16.2 Å². The van der Waals surface area contributed by atoms with E-state index in [9.17, 15) is 18.3 Å². The van der Waals surface area contributed by atoms with Crippen LogP contribution in [0.3, 0.4) is 0 Å². The van der Waals surface area contributed by atoms with E-state index in [1.807, 2.05) is 30.3 Å². The molecule has 1 N–H and O–H groups in total. The van der Waals surface area contributed by atoms with Gasteiger partial charge in [0, 0.05) is 0 Å². The highest BCUT2D eigenvalue weighted by Crippen LogP contribution is 2.24. The molecule has 0 saturated carbocycles. The van der Waals surface area contributed by atoms with Gasteiger partial charge in [-0.15, -0.1) is 0 Å². The molecule has 0 heterocycles. The number of fused-ring (bicyclic) bond motifs is 1. The zero-order chi connectivity index (χ0) is 19.6. The Hall–Kier alpha value is -2.70. The summed E-state index contributed by atoms with van der Waals surface area (Å²) in [5.41, 5.74) is 1.60. The largest absolute Gasteiger partial charge is 0.465 e. The Morgan fingerprint density at radius 3 is 2.48 bits per heavy atom. The number of hydrogen-bond acceptors (Lipinski definition) is 5. The van der Waals surface area contributed by atoms with Gasteiger partial charge in [0.2, 0.25) is 0 Å². The highest BCUT2D eigenvalue weighted by atomic mass is 32.2. The van der Waals surface area contributed by atoms with Crippen molar-refractivity contribution in [2.45, 2.75) is 23.7 Å². The molecule has 0 aromatic heterocycles. The first kappa shape index (κ1) is 19.1. The predicted molar refractivity (Wildman–Crippen MR) is 103 cm³/mol. The Morgan fingerprint density at radius 2 is 1.78 bits per heavy atom. The first-order valence-electron chi connectivity index (χ1n) is 8.42. The number of ether oxygens (including phenoxy) is 1. The molecule has 0 aliphatic rings. The Kier molecular flexibility index (Phi) is 5.30. The van der Waals surface area contributed by atoms with Crippen molar-refractivity contribution in [3.8, 4) is 0 Å². The van der Waals surface area contributed by atoms with Crippen LogP contribution in [0.5, 0.6) is 0 Å². The SMILES string of the molecule is COC(=O)c1cccc(S(=O)(=O)Cc2ccc3ccc(C(C)O)cc3c2)c1. The van der Waals surface area contributed by atoms with Crippen LogP contribution in [0.1, 0.15) is 34.5 Å². The first-order valence-corrected chi connectivity index (χ1v) is 10.1. The molecule has 140 valence electrons. The van der Waals surface area contributed by atoms with Crippen LogP contribution < -0.4 is 0 Å². The minimum Gasteiger partial charge on any atom is -0.465 e. The summed E-state index contributed by atoms with van der Waals surface area (Å²) in [4.78, 5) is 11.7. The Balaban J connectivity index is 1.94.